The summed E-state index contributed by atoms with van der Waals surface area (Å²) < 4.78 is 5.78. The van der Waals surface area contributed by atoms with Crippen LogP contribution in [0.15, 0.2) is 42.7 Å². The van der Waals surface area contributed by atoms with Gasteiger partial charge in [-0.25, -0.2) is 9.97 Å². The van der Waals surface area contributed by atoms with Crippen molar-refractivity contribution in [1.82, 2.24) is 25.2 Å². The molecular formula is C21H26N6O. The molecule has 7 nitrogen and oxygen atoms in total. The Kier molecular flexibility index (Phi) is 5.76. The number of ether oxygens (including phenoxy) is 1. The molecule has 0 saturated carbocycles. The second-order valence-electron chi connectivity index (χ2n) is 7.29. The van der Waals surface area contributed by atoms with E-state index in [0.717, 1.165) is 54.3 Å². The third kappa shape index (κ3) is 4.44. The lowest BCUT2D eigenvalue weighted by molar-refractivity contribution is 0.0372. The van der Waals surface area contributed by atoms with E-state index in [4.69, 9.17) is 9.72 Å². The summed E-state index contributed by atoms with van der Waals surface area (Å²) in [6.07, 6.45) is 3.53. The number of hydrogen-bond acceptors (Lipinski definition) is 7. The smallest absolute Gasteiger partial charge is 0.154 e. The SMILES string of the molecule is CN(C)Cc1ccc(-c2cc3nccnc3c(NC[C@@H]3CNCCO3)n2)cc1. The van der Waals surface area contributed by atoms with Gasteiger partial charge in [0.05, 0.1) is 23.9 Å². The van der Waals surface area contributed by atoms with Gasteiger partial charge in [-0.15, -0.1) is 0 Å². The first-order valence-electron chi connectivity index (χ1n) is 9.61. The van der Waals surface area contributed by atoms with Crippen LogP contribution in [-0.2, 0) is 11.3 Å². The molecule has 0 unspecified atom stereocenters. The number of rotatable bonds is 6. The zero-order chi connectivity index (χ0) is 19.3. The average molecular weight is 378 g/mol. The highest BCUT2D eigenvalue weighted by molar-refractivity contribution is 5.88. The van der Waals surface area contributed by atoms with Gasteiger partial charge in [0.1, 0.15) is 5.52 Å². The summed E-state index contributed by atoms with van der Waals surface area (Å²) in [5.41, 5.74) is 4.83. The summed E-state index contributed by atoms with van der Waals surface area (Å²) in [7, 11) is 4.14. The molecule has 3 aromatic rings. The van der Waals surface area contributed by atoms with Gasteiger partial charge >= 0.3 is 0 Å². The molecule has 0 bridgehead atoms. The Morgan fingerprint density at radius 1 is 1.18 bits per heavy atom. The van der Waals surface area contributed by atoms with E-state index in [0.29, 0.717) is 6.54 Å². The number of pyridine rings is 1. The minimum Gasteiger partial charge on any atom is -0.374 e. The van der Waals surface area contributed by atoms with Gasteiger partial charge in [0.15, 0.2) is 5.82 Å². The average Bonchev–Trinajstić information content (AvgIpc) is 2.73. The van der Waals surface area contributed by atoms with Gasteiger partial charge in [-0.05, 0) is 25.7 Å². The maximum Gasteiger partial charge on any atom is 0.154 e. The Labute approximate surface area is 165 Å². The molecular weight excluding hydrogens is 352 g/mol. The quantitative estimate of drug-likeness (QED) is 0.681. The molecule has 1 aromatic carbocycles. The second-order valence-corrected chi connectivity index (χ2v) is 7.29. The van der Waals surface area contributed by atoms with Crippen molar-refractivity contribution >= 4 is 16.9 Å². The first-order chi connectivity index (χ1) is 13.7. The van der Waals surface area contributed by atoms with Crippen LogP contribution >= 0.6 is 0 Å². The first-order valence-corrected chi connectivity index (χ1v) is 9.61. The second kappa shape index (κ2) is 8.60. The zero-order valence-electron chi connectivity index (χ0n) is 16.4. The standard InChI is InChI=1S/C21H26N6O/c1-27(2)14-15-3-5-16(6-4-15)18-11-19-20(24-8-7-23-19)21(26-18)25-13-17-12-22-9-10-28-17/h3-8,11,17,22H,9-10,12-14H2,1-2H3,(H,25,26)/t17-/m0/s1. The molecule has 0 aliphatic carbocycles. The normalized spacial score (nSPS) is 17.2. The molecule has 28 heavy (non-hydrogen) atoms. The molecule has 3 heterocycles. The van der Waals surface area contributed by atoms with Gasteiger partial charge in [0.2, 0.25) is 0 Å². The lowest BCUT2D eigenvalue weighted by Gasteiger charge is -2.24. The minimum atomic E-state index is 0.122. The van der Waals surface area contributed by atoms with Crippen molar-refractivity contribution in [2.75, 3.05) is 45.7 Å². The third-order valence-electron chi connectivity index (χ3n) is 4.71. The van der Waals surface area contributed by atoms with Crippen LogP contribution in [0, 0.1) is 0 Å². The van der Waals surface area contributed by atoms with Crippen molar-refractivity contribution in [2.45, 2.75) is 12.6 Å². The molecule has 2 N–H and O–H groups in total. The minimum absolute atomic E-state index is 0.122. The van der Waals surface area contributed by atoms with Crippen LogP contribution in [0.1, 0.15) is 5.56 Å². The van der Waals surface area contributed by atoms with E-state index in [2.05, 4.69) is 63.9 Å². The molecule has 1 aliphatic heterocycles. The van der Waals surface area contributed by atoms with Crippen LogP contribution in [0.25, 0.3) is 22.3 Å². The molecule has 7 heteroatoms. The number of benzene rings is 1. The van der Waals surface area contributed by atoms with E-state index in [9.17, 15) is 0 Å². The van der Waals surface area contributed by atoms with Gasteiger partial charge in [0, 0.05) is 44.1 Å². The Balaban J connectivity index is 1.61. The predicted molar refractivity (Wildman–Crippen MR) is 111 cm³/mol. The number of hydrogen-bond donors (Lipinski definition) is 2. The van der Waals surface area contributed by atoms with Crippen molar-refractivity contribution in [2.24, 2.45) is 0 Å². The molecule has 2 aromatic heterocycles. The molecule has 146 valence electrons. The molecule has 0 radical (unpaired) electrons. The Hall–Kier alpha value is -2.61. The lowest BCUT2D eigenvalue weighted by Crippen LogP contribution is -2.42. The topological polar surface area (TPSA) is 75.2 Å². The maximum absolute atomic E-state index is 5.78. The highest BCUT2D eigenvalue weighted by atomic mass is 16.5. The highest BCUT2D eigenvalue weighted by Gasteiger charge is 2.15. The summed E-state index contributed by atoms with van der Waals surface area (Å²) >= 11 is 0. The number of nitrogens with one attached hydrogen (secondary N) is 2. The van der Waals surface area contributed by atoms with Crippen LogP contribution < -0.4 is 10.6 Å². The van der Waals surface area contributed by atoms with Crippen LogP contribution in [-0.4, -0.2) is 66.3 Å². The summed E-state index contributed by atoms with van der Waals surface area (Å²) in [5, 5.41) is 6.77. The Bertz CT molecular complexity index is 922. The van der Waals surface area contributed by atoms with Gasteiger partial charge in [-0.3, -0.25) is 4.98 Å². The third-order valence-corrected chi connectivity index (χ3v) is 4.71. The van der Waals surface area contributed by atoms with Crippen molar-refractivity contribution < 1.29 is 4.74 Å². The fraction of sp³-hybridized carbons (Fsp3) is 0.381. The van der Waals surface area contributed by atoms with Crippen molar-refractivity contribution in [3.05, 3.63) is 48.3 Å². The van der Waals surface area contributed by atoms with E-state index in [1.54, 1.807) is 12.4 Å². The fourth-order valence-electron chi connectivity index (χ4n) is 3.35. The maximum atomic E-state index is 5.78. The fourth-order valence-corrected chi connectivity index (χ4v) is 3.35. The summed E-state index contributed by atoms with van der Waals surface area (Å²) in [5.74, 6) is 0.743. The van der Waals surface area contributed by atoms with E-state index in [-0.39, 0.29) is 6.10 Å². The summed E-state index contributed by atoms with van der Waals surface area (Å²) in [6.45, 7) is 4.07. The number of morpholine rings is 1. The van der Waals surface area contributed by atoms with Crippen molar-refractivity contribution in [3.63, 3.8) is 0 Å². The Morgan fingerprint density at radius 3 is 2.75 bits per heavy atom. The number of aromatic nitrogens is 3. The molecule has 0 spiro atoms. The van der Waals surface area contributed by atoms with Gasteiger partial charge in [0.25, 0.3) is 0 Å². The first kappa shape index (κ1) is 18.7. The van der Waals surface area contributed by atoms with Crippen molar-refractivity contribution in [3.8, 4) is 11.3 Å². The van der Waals surface area contributed by atoms with E-state index < -0.39 is 0 Å². The number of anilines is 1. The monoisotopic (exact) mass is 378 g/mol. The molecule has 1 aliphatic rings. The zero-order valence-corrected chi connectivity index (χ0v) is 16.4. The molecule has 4 rings (SSSR count). The molecule has 1 fully saturated rings. The summed E-state index contributed by atoms with van der Waals surface area (Å²) in [6, 6.07) is 10.5. The van der Waals surface area contributed by atoms with Crippen LogP contribution in [0.2, 0.25) is 0 Å². The molecule has 1 saturated heterocycles. The van der Waals surface area contributed by atoms with Gasteiger partial charge < -0.3 is 20.3 Å². The van der Waals surface area contributed by atoms with E-state index in [1.165, 1.54) is 5.56 Å². The van der Waals surface area contributed by atoms with E-state index >= 15 is 0 Å². The number of nitrogens with zero attached hydrogens (tertiary/aromatic N) is 4. The van der Waals surface area contributed by atoms with Gasteiger partial charge in [-0.2, -0.15) is 0 Å². The van der Waals surface area contributed by atoms with Crippen molar-refractivity contribution in [1.29, 1.82) is 0 Å². The van der Waals surface area contributed by atoms with Gasteiger partial charge in [-0.1, -0.05) is 24.3 Å². The van der Waals surface area contributed by atoms with Crippen LogP contribution in [0.3, 0.4) is 0 Å². The Morgan fingerprint density at radius 2 is 2.00 bits per heavy atom. The number of fused-ring (bicyclic) bond motifs is 1. The molecule has 1 atom stereocenters. The summed E-state index contributed by atoms with van der Waals surface area (Å²) in [4.78, 5) is 16.0. The lowest BCUT2D eigenvalue weighted by atomic mass is 10.1. The predicted octanol–water partition coefficient (Wildman–Crippen LogP) is 2.15. The van der Waals surface area contributed by atoms with Crippen LogP contribution in [0.5, 0.6) is 0 Å². The van der Waals surface area contributed by atoms with Crippen LogP contribution in [0.4, 0.5) is 5.82 Å². The molecule has 0 amide bonds. The largest absolute Gasteiger partial charge is 0.374 e. The highest BCUT2D eigenvalue weighted by Crippen LogP contribution is 2.26. The van der Waals surface area contributed by atoms with E-state index in [1.807, 2.05) is 6.07 Å².